The Hall–Kier alpha value is -1.16. The summed E-state index contributed by atoms with van der Waals surface area (Å²) < 4.78 is 5.20. The molecule has 0 fully saturated rings. The fraction of sp³-hybridized carbons (Fsp3) is 0.556. The quantitative estimate of drug-likeness (QED) is 0.374. The second kappa shape index (κ2) is 6.37. The van der Waals surface area contributed by atoms with Crippen LogP contribution >= 0.6 is 0 Å². The van der Waals surface area contributed by atoms with Crippen LogP contribution in [0.5, 0.6) is 0 Å². The van der Waals surface area contributed by atoms with Crippen LogP contribution in [0, 0.1) is 10.1 Å². The molecule has 0 aromatic carbocycles. The zero-order valence-corrected chi connectivity index (χ0v) is 8.19. The smallest absolute Gasteiger partial charge is 0.243 e. The van der Waals surface area contributed by atoms with Gasteiger partial charge in [-0.25, -0.2) is 0 Å². The lowest BCUT2D eigenvalue weighted by molar-refractivity contribution is -0.424. The maximum Gasteiger partial charge on any atom is 0.243 e. The maximum absolute atomic E-state index is 10.2. The van der Waals surface area contributed by atoms with Gasteiger partial charge in [0.15, 0.2) is 0 Å². The highest BCUT2D eigenvalue weighted by atomic mass is 16.6. The molecule has 74 valence electrons. The molecule has 0 rings (SSSR count). The van der Waals surface area contributed by atoms with E-state index in [-0.39, 0.29) is 11.8 Å². The van der Waals surface area contributed by atoms with Crippen LogP contribution in [0.2, 0.25) is 0 Å². The number of nitro groups is 1. The van der Waals surface area contributed by atoms with E-state index in [9.17, 15) is 10.1 Å². The van der Waals surface area contributed by atoms with Gasteiger partial charge in [0.2, 0.25) is 5.70 Å². The summed E-state index contributed by atoms with van der Waals surface area (Å²) in [6, 6.07) is 0. The van der Waals surface area contributed by atoms with E-state index in [1.165, 1.54) is 13.0 Å². The molecule has 0 aromatic rings. The summed E-state index contributed by atoms with van der Waals surface area (Å²) in [4.78, 5) is 9.75. The first-order chi connectivity index (χ1) is 6.07. The van der Waals surface area contributed by atoms with Crippen molar-refractivity contribution in [2.24, 2.45) is 0 Å². The van der Waals surface area contributed by atoms with E-state index in [0.29, 0.717) is 6.61 Å². The molecule has 0 aliphatic heterocycles. The first kappa shape index (κ1) is 11.8. The second-order valence-electron chi connectivity index (χ2n) is 2.61. The number of allylic oxidation sites excluding steroid dienone is 3. The molecular weight excluding hydrogens is 170 g/mol. The minimum Gasteiger partial charge on any atom is -0.375 e. The predicted molar refractivity (Wildman–Crippen MR) is 51.0 cm³/mol. The van der Waals surface area contributed by atoms with E-state index in [1.807, 2.05) is 13.8 Å². The lowest BCUT2D eigenvalue weighted by Crippen LogP contribution is -2.02. The van der Waals surface area contributed by atoms with Crippen LogP contribution in [0.15, 0.2) is 23.9 Å². The lowest BCUT2D eigenvalue weighted by atomic mass is 10.3. The van der Waals surface area contributed by atoms with Gasteiger partial charge < -0.3 is 4.74 Å². The van der Waals surface area contributed by atoms with Crippen molar-refractivity contribution in [3.05, 3.63) is 34.0 Å². The summed E-state index contributed by atoms with van der Waals surface area (Å²) in [7, 11) is 0. The van der Waals surface area contributed by atoms with Gasteiger partial charge in [-0.2, -0.15) is 0 Å². The van der Waals surface area contributed by atoms with Crippen molar-refractivity contribution < 1.29 is 9.66 Å². The first-order valence-electron chi connectivity index (χ1n) is 4.19. The molecule has 0 radical (unpaired) electrons. The average Bonchev–Trinajstić information content (AvgIpc) is 2.04. The highest BCUT2D eigenvalue weighted by Gasteiger charge is 1.98. The van der Waals surface area contributed by atoms with E-state index < -0.39 is 4.92 Å². The molecule has 0 amide bonds. The highest BCUT2D eigenvalue weighted by Crippen LogP contribution is 1.96. The summed E-state index contributed by atoms with van der Waals surface area (Å²) in [5.41, 5.74) is 0.125. The molecule has 0 saturated heterocycles. The number of nitrogens with zero attached hydrogens (tertiary/aromatic N) is 1. The molecule has 0 aliphatic carbocycles. The number of hydrogen-bond donors (Lipinski definition) is 0. The van der Waals surface area contributed by atoms with Gasteiger partial charge in [-0.3, -0.25) is 10.1 Å². The summed E-state index contributed by atoms with van der Waals surface area (Å²) in [5.74, 6) is 0. The standard InChI is InChI=1S/C9H15NO3/c1-4-13-9(3)7-5-6-8(2)10(11)12/h5-7,9H,4H2,1-3H3/b7-5-,8-6+. The van der Waals surface area contributed by atoms with Gasteiger partial charge in [0.1, 0.15) is 0 Å². The fourth-order valence-electron chi connectivity index (χ4n) is 0.731. The Morgan fingerprint density at radius 3 is 2.77 bits per heavy atom. The summed E-state index contributed by atoms with van der Waals surface area (Å²) in [5, 5.41) is 10.2. The second-order valence-corrected chi connectivity index (χ2v) is 2.61. The Labute approximate surface area is 78.0 Å². The van der Waals surface area contributed by atoms with E-state index in [1.54, 1.807) is 12.2 Å². The molecule has 13 heavy (non-hydrogen) atoms. The minimum absolute atomic E-state index is 0.000745. The van der Waals surface area contributed by atoms with Crippen LogP contribution in [-0.2, 0) is 4.74 Å². The van der Waals surface area contributed by atoms with Crippen molar-refractivity contribution >= 4 is 0 Å². The Balaban J connectivity index is 3.99. The molecule has 0 aromatic heterocycles. The maximum atomic E-state index is 10.2. The van der Waals surface area contributed by atoms with Crippen molar-refractivity contribution in [2.75, 3.05) is 6.61 Å². The zero-order valence-electron chi connectivity index (χ0n) is 8.19. The van der Waals surface area contributed by atoms with Gasteiger partial charge in [-0.05, 0) is 13.8 Å². The Morgan fingerprint density at radius 2 is 2.31 bits per heavy atom. The Kier molecular flexibility index (Phi) is 5.80. The normalized spacial score (nSPS) is 14.8. The topological polar surface area (TPSA) is 52.4 Å². The largest absolute Gasteiger partial charge is 0.375 e. The fourth-order valence-corrected chi connectivity index (χ4v) is 0.731. The molecule has 1 atom stereocenters. The third-order valence-corrected chi connectivity index (χ3v) is 1.44. The molecule has 0 saturated carbocycles. The van der Waals surface area contributed by atoms with E-state index in [4.69, 9.17) is 4.74 Å². The third kappa shape index (κ3) is 6.04. The zero-order chi connectivity index (χ0) is 10.3. The minimum atomic E-state index is -0.421. The summed E-state index contributed by atoms with van der Waals surface area (Å²) in [6.07, 6.45) is 4.87. The first-order valence-corrected chi connectivity index (χ1v) is 4.19. The molecule has 0 aliphatic rings. The van der Waals surface area contributed by atoms with Crippen molar-refractivity contribution in [3.63, 3.8) is 0 Å². The monoisotopic (exact) mass is 185 g/mol. The lowest BCUT2D eigenvalue weighted by Gasteiger charge is -2.03. The molecule has 4 nitrogen and oxygen atoms in total. The van der Waals surface area contributed by atoms with Gasteiger partial charge in [0, 0.05) is 19.6 Å². The average molecular weight is 185 g/mol. The molecule has 0 bridgehead atoms. The molecule has 4 heteroatoms. The summed E-state index contributed by atoms with van der Waals surface area (Å²) in [6.45, 7) is 5.89. The van der Waals surface area contributed by atoms with Crippen molar-refractivity contribution in [3.8, 4) is 0 Å². The molecule has 0 heterocycles. The number of hydrogen-bond acceptors (Lipinski definition) is 3. The van der Waals surface area contributed by atoms with Crippen LogP contribution in [0.25, 0.3) is 0 Å². The predicted octanol–water partition coefficient (Wildman–Crippen LogP) is 2.15. The Bertz CT molecular complexity index is 221. The van der Waals surface area contributed by atoms with Gasteiger partial charge in [0.25, 0.3) is 0 Å². The van der Waals surface area contributed by atoms with E-state index >= 15 is 0 Å². The van der Waals surface area contributed by atoms with Crippen LogP contribution in [0.4, 0.5) is 0 Å². The van der Waals surface area contributed by atoms with E-state index in [0.717, 1.165) is 0 Å². The van der Waals surface area contributed by atoms with Crippen molar-refractivity contribution in [2.45, 2.75) is 26.9 Å². The third-order valence-electron chi connectivity index (χ3n) is 1.44. The van der Waals surface area contributed by atoms with Crippen LogP contribution in [-0.4, -0.2) is 17.6 Å². The van der Waals surface area contributed by atoms with Crippen molar-refractivity contribution in [1.29, 1.82) is 0 Å². The Morgan fingerprint density at radius 1 is 1.69 bits per heavy atom. The molecule has 0 N–H and O–H groups in total. The molecule has 1 unspecified atom stereocenters. The number of rotatable bonds is 5. The van der Waals surface area contributed by atoms with Crippen molar-refractivity contribution in [1.82, 2.24) is 0 Å². The van der Waals surface area contributed by atoms with Gasteiger partial charge in [-0.15, -0.1) is 0 Å². The van der Waals surface area contributed by atoms with Gasteiger partial charge in [-0.1, -0.05) is 12.2 Å². The van der Waals surface area contributed by atoms with Crippen LogP contribution in [0.3, 0.4) is 0 Å². The van der Waals surface area contributed by atoms with Gasteiger partial charge >= 0.3 is 0 Å². The summed E-state index contributed by atoms with van der Waals surface area (Å²) >= 11 is 0. The molecule has 0 spiro atoms. The van der Waals surface area contributed by atoms with Crippen LogP contribution < -0.4 is 0 Å². The van der Waals surface area contributed by atoms with E-state index in [2.05, 4.69) is 0 Å². The van der Waals surface area contributed by atoms with Crippen LogP contribution in [0.1, 0.15) is 20.8 Å². The highest BCUT2D eigenvalue weighted by molar-refractivity contribution is 5.06. The van der Waals surface area contributed by atoms with Gasteiger partial charge in [0.05, 0.1) is 11.0 Å². The molecular formula is C9H15NO3. The SMILES string of the molecule is CCOC(C)/C=C\C=C(/C)[N+](=O)[O-]. The number of ether oxygens (including phenoxy) is 1.